The molecule has 0 aliphatic rings. The molecule has 114 valence electrons. The van der Waals surface area contributed by atoms with Gasteiger partial charge in [-0.1, -0.05) is 0 Å². The molecule has 1 unspecified atom stereocenters. The second-order valence-corrected chi connectivity index (χ2v) is 3.93. The van der Waals surface area contributed by atoms with Gasteiger partial charge in [-0.3, -0.25) is 4.79 Å². The van der Waals surface area contributed by atoms with E-state index in [2.05, 4.69) is 0 Å². The van der Waals surface area contributed by atoms with Crippen LogP contribution in [0.5, 0.6) is 0 Å². The average molecular weight is 278 g/mol. The number of hydrogen-bond acceptors (Lipinski definition) is 6. The summed E-state index contributed by atoms with van der Waals surface area (Å²) < 4.78 is 26.6. The van der Waals surface area contributed by atoms with Crippen LogP contribution in [-0.4, -0.2) is 52.1 Å². The minimum atomic E-state index is -1.18. The number of hydrogen-bond donors (Lipinski definition) is 0. The van der Waals surface area contributed by atoms with Crippen LogP contribution >= 0.6 is 0 Å². The Morgan fingerprint density at radius 1 is 1.00 bits per heavy atom. The molecule has 0 aromatic carbocycles. The van der Waals surface area contributed by atoms with E-state index in [1.807, 2.05) is 13.8 Å². The predicted molar refractivity (Wildman–Crippen MR) is 69.6 cm³/mol. The molecule has 0 fully saturated rings. The van der Waals surface area contributed by atoms with Gasteiger partial charge in [0.05, 0.1) is 6.61 Å². The molecule has 6 heteroatoms. The lowest BCUT2D eigenvalue weighted by molar-refractivity contribution is -0.285. The van der Waals surface area contributed by atoms with Gasteiger partial charge in [0.15, 0.2) is 18.0 Å². The molecule has 6 nitrogen and oxygen atoms in total. The SMILES string of the molecule is CCOC(=O)C(C(OCC)OCC)C(C)(OC)OC. The van der Waals surface area contributed by atoms with E-state index in [0.29, 0.717) is 13.2 Å². The zero-order chi connectivity index (χ0) is 14.9. The van der Waals surface area contributed by atoms with Gasteiger partial charge in [0.2, 0.25) is 0 Å². The highest BCUT2D eigenvalue weighted by Crippen LogP contribution is 2.29. The van der Waals surface area contributed by atoms with Crippen LogP contribution in [-0.2, 0) is 28.5 Å². The first-order valence-electron chi connectivity index (χ1n) is 6.50. The fraction of sp³-hybridized carbons (Fsp3) is 0.923. The van der Waals surface area contributed by atoms with E-state index >= 15 is 0 Å². The molecule has 0 spiro atoms. The Hall–Kier alpha value is -0.690. The first-order chi connectivity index (χ1) is 9.00. The summed E-state index contributed by atoms with van der Waals surface area (Å²) >= 11 is 0. The van der Waals surface area contributed by atoms with Crippen LogP contribution in [0.2, 0.25) is 0 Å². The minimum absolute atomic E-state index is 0.268. The number of esters is 1. The summed E-state index contributed by atoms with van der Waals surface area (Å²) in [7, 11) is 2.93. The van der Waals surface area contributed by atoms with E-state index in [9.17, 15) is 4.79 Å². The number of carbonyl (C=O) groups is 1. The fourth-order valence-corrected chi connectivity index (χ4v) is 1.71. The van der Waals surface area contributed by atoms with Crippen molar-refractivity contribution >= 4 is 5.97 Å². The number of methoxy groups -OCH3 is 2. The molecular formula is C13H26O6. The van der Waals surface area contributed by atoms with E-state index in [-0.39, 0.29) is 6.61 Å². The molecule has 0 aromatic heterocycles. The van der Waals surface area contributed by atoms with Gasteiger partial charge in [0, 0.05) is 27.4 Å². The molecule has 0 aliphatic carbocycles. The standard InChI is InChI=1S/C13H26O6/c1-7-17-11(14)10(13(4,15-5)16-6)12(18-8-2)19-9-3/h10,12H,7-9H2,1-6H3. The van der Waals surface area contributed by atoms with Crippen molar-refractivity contribution in [3.05, 3.63) is 0 Å². The van der Waals surface area contributed by atoms with Crippen molar-refractivity contribution in [2.24, 2.45) is 5.92 Å². The van der Waals surface area contributed by atoms with Gasteiger partial charge in [0.1, 0.15) is 0 Å². The highest BCUT2D eigenvalue weighted by Gasteiger charge is 2.47. The Bertz CT molecular complexity index is 246. The van der Waals surface area contributed by atoms with Crippen molar-refractivity contribution in [2.45, 2.75) is 39.8 Å². The Labute approximate surface area is 115 Å². The first-order valence-corrected chi connectivity index (χ1v) is 6.50. The number of rotatable bonds is 10. The van der Waals surface area contributed by atoms with E-state index in [0.717, 1.165) is 0 Å². The monoisotopic (exact) mass is 278 g/mol. The lowest BCUT2D eigenvalue weighted by atomic mass is 9.99. The van der Waals surface area contributed by atoms with Gasteiger partial charge < -0.3 is 23.7 Å². The van der Waals surface area contributed by atoms with Gasteiger partial charge >= 0.3 is 5.97 Å². The van der Waals surface area contributed by atoms with E-state index in [1.54, 1.807) is 13.8 Å². The number of carbonyl (C=O) groups excluding carboxylic acids is 1. The van der Waals surface area contributed by atoms with Crippen LogP contribution in [0.3, 0.4) is 0 Å². The largest absolute Gasteiger partial charge is 0.465 e. The Balaban J connectivity index is 5.26. The molecule has 19 heavy (non-hydrogen) atoms. The molecule has 1 atom stereocenters. The number of ether oxygens (including phenoxy) is 5. The Morgan fingerprint density at radius 3 is 1.79 bits per heavy atom. The maximum atomic E-state index is 12.2. The molecule has 0 heterocycles. The van der Waals surface area contributed by atoms with Crippen LogP contribution in [0.25, 0.3) is 0 Å². The second-order valence-electron chi connectivity index (χ2n) is 3.93. The second kappa shape index (κ2) is 9.25. The summed E-state index contributed by atoms with van der Waals surface area (Å²) in [6.07, 6.45) is -0.779. The van der Waals surface area contributed by atoms with E-state index < -0.39 is 24.0 Å². The molecule has 0 aromatic rings. The Morgan fingerprint density at radius 2 is 1.47 bits per heavy atom. The third kappa shape index (κ3) is 5.06. The van der Waals surface area contributed by atoms with Gasteiger partial charge in [-0.25, -0.2) is 0 Å². The summed E-state index contributed by atoms with van der Waals surface area (Å²) in [5.41, 5.74) is 0. The van der Waals surface area contributed by atoms with E-state index in [4.69, 9.17) is 23.7 Å². The predicted octanol–water partition coefficient (Wildman–Crippen LogP) is 1.57. The van der Waals surface area contributed by atoms with Crippen molar-refractivity contribution in [3.63, 3.8) is 0 Å². The molecule has 0 aliphatic heterocycles. The molecule has 0 saturated heterocycles. The lowest BCUT2D eigenvalue weighted by Gasteiger charge is -2.37. The maximum Gasteiger partial charge on any atom is 0.319 e. The topological polar surface area (TPSA) is 63.2 Å². The van der Waals surface area contributed by atoms with Crippen molar-refractivity contribution in [2.75, 3.05) is 34.0 Å². The van der Waals surface area contributed by atoms with Crippen LogP contribution in [0.4, 0.5) is 0 Å². The van der Waals surface area contributed by atoms with Crippen molar-refractivity contribution < 1.29 is 28.5 Å². The van der Waals surface area contributed by atoms with Gasteiger partial charge in [-0.15, -0.1) is 0 Å². The molecule has 0 saturated carbocycles. The van der Waals surface area contributed by atoms with Crippen LogP contribution in [0.15, 0.2) is 0 Å². The Kier molecular flexibility index (Phi) is 8.92. The normalized spacial score (nSPS) is 13.6. The third-order valence-corrected chi connectivity index (χ3v) is 2.85. The van der Waals surface area contributed by atoms with Crippen LogP contribution < -0.4 is 0 Å². The molecule has 0 amide bonds. The van der Waals surface area contributed by atoms with Crippen LogP contribution in [0, 0.1) is 5.92 Å². The van der Waals surface area contributed by atoms with Crippen LogP contribution in [0.1, 0.15) is 27.7 Å². The van der Waals surface area contributed by atoms with Crippen molar-refractivity contribution in [1.82, 2.24) is 0 Å². The van der Waals surface area contributed by atoms with Gasteiger partial charge in [-0.2, -0.15) is 0 Å². The zero-order valence-electron chi connectivity index (χ0n) is 12.7. The summed E-state index contributed by atoms with van der Waals surface area (Å²) in [5.74, 6) is -2.48. The third-order valence-electron chi connectivity index (χ3n) is 2.85. The fourth-order valence-electron chi connectivity index (χ4n) is 1.71. The average Bonchev–Trinajstić information content (AvgIpc) is 2.39. The summed E-state index contributed by atoms with van der Waals surface area (Å²) in [5, 5.41) is 0. The molecular weight excluding hydrogens is 252 g/mol. The summed E-state index contributed by atoms with van der Waals surface area (Å²) in [4.78, 5) is 12.2. The summed E-state index contributed by atoms with van der Waals surface area (Å²) in [6, 6.07) is 0. The molecule has 0 bridgehead atoms. The highest BCUT2D eigenvalue weighted by atomic mass is 16.7. The van der Waals surface area contributed by atoms with Gasteiger partial charge in [0.25, 0.3) is 0 Å². The highest BCUT2D eigenvalue weighted by molar-refractivity contribution is 5.74. The lowest BCUT2D eigenvalue weighted by Crippen LogP contribution is -2.51. The maximum absolute atomic E-state index is 12.2. The zero-order valence-corrected chi connectivity index (χ0v) is 12.7. The minimum Gasteiger partial charge on any atom is -0.465 e. The molecule has 0 N–H and O–H groups in total. The quantitative estimate of drug-likeness (QED) is 0.446. The van der Waals surface area contributed by atoms with Gasteiger partial charge in [-0.05, 0) is 27.7 Å². The summed E-state index contributed by atoms with van der Waals surface area (Å²) in [6.45, 7) is 8.12. The molecule has 0 rings (SSSR count). The van der Waals surface area contributed by atoms with E-state index in [1.165, 1.54) is 14.2 Å². The first kappa shape index (κ1) is 18.3. The smallest absolute Gasteiger partial charge is 0.319 e. The molecule has 0 radical (unpaired) electrons. The van der Waals surface area contributed by atoms with Crippen molar-refractivity contribution in [1.29, 1.82) is 0 Å². The van der Waals surface area contributed by atoms with Crippen molar-refractivity contribution in [3.8, 4) is 0 Å².